The van der Waals surface area contributed by atoms with Crippen LogP contribution in [0.25, 0.3) is 0 Å². The molecule has 0 aliphatic rings. The van der Waals surface area contributed by atoms with E-state index in [1.807, 2.05) is 0 Å². The van der Waals surface area contributed by atoms with Crippen LogP contribution in [0.5, 0.6) is 11.5 Å². The van der Waals surface area contributed by atoms with E-state index in [0.717, 1.165) is 0 Å². The lowest BCUT2D eigenvalue weighted by molar-refractivity contribution is -0.906. The number of nitrogens with one attached hydrogen (secondary N) is 1. The predicted octanol–water partition coefficient (Wildman–Crippen LogP) is -1.54. The van der Waals surface area contributed by atoms with Crippen molar-refractivity contribution in [3.8, 4) is 11.5 Å². The number of hydrogen-bond donors (Lipinski definition) is 8. The Labute approximate surface area is 233 Å². The van der Waals surface area contributed by atoms with Gasteiger partial charge in [0.15, 0.2) is 7.60 Å². The summed E-state index contributed by atoms with van der Waals surface area (Å²) in [7, 11) is -9.86. The van der Waals surface area contributed by atoms with Gasteiger partial charge in [0.2, 0.25) is 0 Å². The molecule has 0 aliphatic heterocycles. The van der Waals surface area contributed by atoms with Crippen LogP contribution in [0.2, 0.25) is 0 Å². The number of aromatic hydroxyl groups is 2. The second-order valence-electron chi connectivity index (χ2n) is 9.77. The van der Waals surface area contributed by atoms with Crippen molar-refractivity contribution in [1.29, 1.82) is 0 Å². The Hall–Kier alpha value is -1.86. The number of aliphatic hydroxyl groups is 3. The minimum absolute atomic E-state index is 0.141. The van der Waals surface area contributed by atoms with Gasteiger partial charge in [-0.05, 0) is 47.2 Å². The molecule has 0 aliphatic carbocycles. The molecule has 2 aromatic rings. The quantitative estimate of drug-likeness (QED) is 0.102. The molecule has 0 aromatic heterocycles. The van der Waals surface area contributed by atoms with E-state index in [0.29, 0.717) is 40.7 Å². The molecule has 0 saturated heterocycles. The average molecular weight is 606 g/mol. The van der Waals surface area contributed by atoms with Gasteiger partial charge in [-0.3, -0.25) is 4.90 Å². The number of rotatable bonds is 16. The third-order valence-electron chi connectivity index (χ3n) is 6.79. The molecule has 0 spiro atoms. The summed E-state index contributed by atoms with van der Waals surface area (Å²) in [6, 6.07) is 4.75. The van der Waals surface area contributed by atoms with Crippen LogP contribution < -0.4 is 14.7 Å². The predicted molar refractivity (Wildman–Crippen MR) is 142 cm³/mol. The monoisotopic (exact) mass is 605 g/mol. The van der Waals surface area contributed by atoms with Crippen molar-refractivity contribution in [3.63, 3.8) is 0 Å². The smallest absolute Gasteiger partial charge is 0.187 e. The van der Waals surface area contributed by atoms with Crippen molar-refractivity contribution in [2.45, 2.75) is 59.0 Å². The fourth-order valence-electron chi connectivity index (χ4n) is 4.98. The van der Waals surface area contributed by atoms with Gasteiger partial charge in [-0.2, -0.15) is 0 Å². The molecular weight excluding hydrogens is 566 g/mol. The average Bonchev–Trinajstić information content (AvgIpc) is 2.86. The number of aryl methyl sites for hydroxylation is 1. The van der Waals surface area contributed by atoms with E-state index in [-0.39, 0.29) is 54.8 Å². The summed E-state index contributed by atoms with van der Waals surface area (Å²) in [5.74, 6) is -0.394. The molecule has 0 saturated carbocycles. The number of phenolic OH excluding ortho intramolecular Hbond substituents is 2. The van der Waals surface area contributed by atoms with Gasteiger partial charge >= 0.3 is 0 Å². The fraction of sp³-hybridized carbons (Fsp3) is 0.520. The molecule has 8 N–H and O–H groups in total. The number of benzene rings is 2. The molecule has 2 aromatic carbocycles. The first-order chi connectivity index (χ1) is 18.7. The molecule has 0 heterocycles. The first-order valence-electron chi connectivity index (χ1n) is 12.8. The SMILES string of the molecule is CCc1cc(CO)cc(O)c1C[NH+](CC(CO)N(Cc1c(O)ccc(CO)c1CC)CP(=O)([O-])O)CP(=O)([O-])O. The lowest BCUT2D eigenvalue weighted by Crippen LogP contribution is -3.12. The lowest BCUT2D eigenvalue weighted by atomic mass is 9.97. The zero-order valence-corrected chi connectivity index (χ0v) is 24.4. The highest BCUT2D eigenvalue weighted by molar-refractivity contribution is 7.50. The van der Waals surface area contributed by atoms with Crippen LogP contribution >= 0.6 is 15.2 Å². The van der Waals surface area contributed by atoms with E-state index in [1.54, 1.807) is 19.9 Å². The number of nitrogens with zero attached hydrogens (tertiary/aromatic N) is 1. The van der Waals surface area contributed by atoms with Gasteiger partial charge in [0.25, 0.3) is 0 Å². The minimum atomic E-state index is -4.97. The summed E-state index contributed by atoms with van der Waals surface area (Å²) in [4.78, 5) is 44.6. The molecule has 13 nitrogen and oxygen atoms in total. The minimum Gasteiger partial charge on any atom is -0.778 e. The zero-order valence-electron chi connectivity index (χ0n) is 22.6. The Morgan fingerprint density at radius 3 is 2.05 bits per heavy atom. The number of hydrogen-bond acceptors (Lipinski definition) is 10. The van der Waals surface area contributed by atoms with Gasteiger partial charge in [0, 0.05) is 12.1 Å². The van der Waals surface area contributed by atoms with E-state index < -0.39 is 40.4 Å². The molecule has 2 rings (SSSR count). The van der Waals surface area contributed by atoms with Gasteiger partial charge in [-0.1, -0.05) is 26.0 Å². The summed E-state index contributed by atoms with van der Waals surface area (Å²) < 4.78 is 23.9. The molecule has 4 unspecified atom stereocenters. The van der Waals surface area contributed by atoms with Crippen LogP contribution in [0.3, 0.4) is 0 Å². The summed E-state index contributed by atoms with van der Waals surface area (Å²) in [6.45, 7) is 1.54. The Balaban J connectivity index is 2.53. The third-order valence-corrected chi connectivity index (χ3v) is 8.36. The van der Waals surface area contributed by atoms with Crippen molar-refractivity contribution < 1.29 is 59.1 Å². The molecule has 0 radical (unpaired) electrons. The molecule has 0 fully saturated rings. The molecule has 0 bridgehead atoms. The highest BCUT2D eigenvalue weighted by Crippen LogP contribution is 2.34. The van der Waals surface area contributed by atoms with Crippen molar-refractivity contribution in [2.75, 3.05) is 25.7 Å². The van der Waals surface area contributed by atoms with Crippen LogP contribution in [-0.4, -0.2) is 72.0 Å². The second kappa shape index (κ2) is 14.9. The van der Waals surface area contributed by atoms with Crippen LogP contribution in [-0.2, 0) is 48.3 Å². The Morgan fingerprint density at radius 2 is 1.55 bits per heavy atom. The topological polar surface area (TPSA) is 230 Å². The summed E-state index contributed by atoms with van der Waals surface area (Å²) in [6.07, 6.45) is -0.961. The standard InChI is InChI=1S/C25H40N2O11P2/c1-3-18-7-17(12-28)8-25(32)22(18)10-26(15-39(33,34)35)9-20(14-30)27(16-40(36,37)38)11-23-21(4-2)19(13-29)5-6-24(23)31/h5-8,20,28-32H,3-4,9-16H2,1-2H3,(H2,33,34,35)(H2,36,37,38)/p-1. The van der Waals surface area contributed by atoms with Crippen LogP contribution in [0.15, 0.2) is 24.3 Å². The van der Waals surface area contributed by atoms with Crippen molar-refractivity contribution in [2.24, 2.45) is 0 Å². The van der Waals surface area contributed by atoms with Crippen LogP contribution in [0.1, 0.15) is 47.2 Å². The molecule has 0 amide bonds. The molecular formula is C25H39N2O11P2-. The lowest BCUT2D eigenvalue weighted by Gasteiger charge is -2.36. The Bertz CT molecular complexity index is 1230. The van der Waals surface area contributed by atoms with E-state index in [9.17, 15) is 54.2 Å². The molecule has 15 heteroatoms. The Kier molecular flexibility index (Phi) is 12.8. The maximum atomic E-state index is 12.0. The highest BCUT2D eigenvalue weighted by Gasteiger charge is 2.30. The van der Waals surface area contributed by atoms with E-state index in [4.69, 9.17) is 0 Å². The number of phenols is 2. The van der Waals surface area contributed by atoms with Crippen LogP contribution in [0.4, 0.5) is 0 Å². The van der Waals surface area contributed by atoms with Gasteiger partial charge in [-0.25, -0.2) is 0 Å². The largest absolute Gasteiger partial charge is 0.778 e. The summed E-state index contributed by atoms with van der Waals surface area (Å²) in [5, 5.41) is 50.6. The first kappa shape index (κ1) is 34.3. The normalized spacial score (nSPS) is 16.4. The molecule has 40 heavy (non-hydrogen) atoms. The van der Waals surface area contributed by atoms with E-state index in [1.165, 1.54) is 23.1 Å². The van der Waals surface area contributed by atoms with E-state index >= 15 is 0 Å². The number of quaternary nitrogens is 1. The highest BCUT2D eigenvalue weighted by atomic mass is 31.2. The maximum Gasteiger partial charge on any atom is 0.187 e. The van der Waals surface area contributed by atoms with Crippen molar-refractivity contribution in [1.82, 2.24) is 4.90 Å². The van der Waals surface area contributed by atoms with Gasteiger partial charge in [0.05, 0.1) is 44.3 Å². The maximum absolute atomic E-state index is 12.0. The fourth-order valence-corrected chi connectivity index (χ4v) is 6.58. The summed E-state index contributed by atoms with van der Waals surface area (Å²) in [5.41, 5.74) is 2.73. The molecule has 226 valence electrons. The van der Waals surface area contributed by atoms with Crippen molar-refractivity contribution >= 4 is 15.2 Å². The van der Waals surface area contributed by atoms with Crippen LogP contribution in [0, 0.1) is 0 Å². The molecule has 4 atom stereocenters. The van der Waals surface area contributed by atoms with E-state index in [2.05, 4.69) is 0 Å². The summed E-state index contributed by atoms with van der Waals surface area (Å²) >= 11 is 0. The second-order valence-corrected chi connectivity index (χ2v) is 12.9. The van der Waals surface area contributed by atoms with Gasteiger partial charge in [0.1, 0.15) is 31.9 Å². The van der Waals surface area contributed by atoms with Gasteiger partial charge in [-0.15, -0.1) is 0 Å². The Morgan fingerprint density at radius 1 is 0.875 bits per heavy atom. The zero-order chi connectivity index (χ0) is 30.3. The van der Waals surface area contributed by atoms with Crippen molar-refractivity contribution in [3.05, 3.63) is 57.6 Å². The number of aliphatic hydroxyl groups excluding tert-OH is 3. The third kappa shape index (κ3) is 9.90. The van der Waals surface area contributed by atoms with Gasteiger partial charge < -0.3 is 59.1 Å². The first-order valence-corrected chi connectivity index (χ1v) is 16.3.